The highest BCUT2D eigenvalue weighted by atomic mass is 32.2. The Kier molecular flexibility index (Phi) is 11.1. The van der Waals surface area contributed by atoms with Crippen LogP contribution in [0.5, 0.6) is 0 Å². The van der Waals surface area contributed by atoms with E-state index in [0.717, 1.165) is 40.8 Å². The number of thioether (sulfide) groups is 1. The van der Waals surface area contributed by atoms with Crippen LogP contribution in [0.4, 0.5) is 10.5 Å². The number of amides is 3. The van der Waals surface area contributed by atoms with Gasteiger partial charge in [-0.2, -0.15) is 0 Å². The summed E-state index contributed by atoms with van der Waals surface area (Å²) in [5, 5.41) is 17.5. The molecule has 256 valence electrons. The van der Waals surface area contributed by atoms with Gasteiger partial charge in [-0.05, 0) is 81.3 Å². The maximum Gasteiger partial charge on any atom is 0.407 e. The summed E-state index contributed by atoms with van der Waals surface area (Å²) < 4.78 is 16.5. The van der Waals surface area contributed by atoms with Gasteiger partial charge in [0.15, 0.2) is 12.4 Å². The number of nitrogens with zero attached hydrogens (tertiary/aromatic N) is 2. The first-order chi connectivity index (χ1) is 22.4. The zero-order chi connectivity index (χ0) is 33.9. The van der Waals surface area contributed by atoms with E-state index in [1.807, 2.05) is 89.2 Å². The fraction of sp³-hybridized carbons (Fsp3) is 0.571. The van der Waals surface area contributed by atoms with Crippen molar-refractivity contribution in [3.05, 3.63) is 64.7 Å². The molecule has 2 aromatic rings. The van der Waals surface area contributed by atoms with E-state index in [1.165, 1.54) is 16.7 Å². The first kappa shape index (κ1) is 35.0. The number of carbonyl (C=O) groups excluding carboxylic acids is 3. The van der Waals surface area contributed by atoms with E-state index in [4.69, 9.17) is 14.2 Å². The van der Waals surface area contributed by atoms with Gasteiger partial charge in [0.05, 0.1) is 18.5 Å². The zero-order valence-electron chi connectivity index (χ0n) is 28.2. The predicted molar refractivity (Wildman–Crippen MR) is 181 cm³/mol. The van der Waals surface area contributed by atoms with Gasteiger partial charge < -0.3 is 39.8 Å². The minimum absolute atomic E-state index is 0.0651. The number of ether oxygens (including phenoxy) is 3. The molecular formula is C35H48N4O7S. The largest absolute Gasteiger partial charge is 0.443 e. The van der Waals surface area contributed by atoms with Gasteiger partial charge in [0.25, 0.3) is 5.91 Å². The molecule has 0 spiro atoms. The number of anilines is 1. The van der Waals surface area contributed by atoms with Crippen LogP contribution in [-0.2, 0) is 36.8 Å². The van der Waals surface area contributed by atoms with Gasteiger partial charge in [-0.1, -0.05) is 30.3 Å². The van der Waals surface area contributed by atoms with E-state index in [-0.39, 0.29) is 30.7 Å². The minimum Gasteiger partial charge on any atom is -0.443 e. The Morgan fingerprint density at radius 1 is 1.11 bits per heavy atom. The summed E-state index contributed by atoms with van der Waals surface area (Å²) in [7, 11) is 3.88. The Balaban J connectivity index is 1.32. The molecule has 3 fully saturated rings. The number of fused-ring (bicyclic) bond motifs is 1. The van der Waals surface area contributed by atoms with Gasteiger partial charge in [-0.15, -0.1) is 11.8 Å². The van der Waals surface area contributed by atoms with Crippen LogP contribution in [0.25, 0.3) is 0 Å². The van der Waals surface area contributed by atoms with Crippen LogP contribution in [0.3, 0.4) is 0 Å². The van der Waals surface area contributed by atoms with Gasteiger partial charge in [-0.3, -0.25) is 9.59 Å². The van der Waals surface area contributed by atoms with E-state index >= 15 is 0 Å². The summed E-state index contributed by atoms with van der Waals surface area (Å²) in [5.41, 5.74) is 4.99. The molecule has 3 aliphatic heterocycles. The van der Waals surface area contributed by atoms with Gasteiger partial charge in [0.1, 0.15) is 12.1 Å². The lowest BCUT2D eigenvalue weighted by Crippen LogP contribution is -2.58. The number of hydrogen-bond donors (Lipinski definition) is 3. The van der Waals surface area contributed by atoms with Crippen LogP contribution in [0.2, 0.25) is 0 Å². The average molecular weight is 669 g/mol. The second-order valence-corrected chi connectivity index (χ2v) is 15.1. The summed E-state index contributed by atoms with van der Waals surface area (Å²) in [6.45, 7) is 9.01. The van der Waals surface area contributed by atoms with Gasteiger partial charge in [-0.25, -0.2) is 4.79 Å². The lowest BCUT2D eigenvalue weighted by atomic mass is 9.96. The SMILES string of the molecule is Cc1cccc(C)c1CNC(=O)[C@H]1N(C(=O)[C@@H](O)[C@H](Cc2ccc(N(C)C)cc2)NC(=O)O[C@@H]2CO[C@@H]3OCCC[C@@H]32)CSC1(C)C. The van der Waals surface area contributed by atoms with Crippen molar-refractivity contribution >= 4 is 35.4 Å². The topological polar surface area (TPSA) is 130 Å². The molecule has 3 N–H and O–H groups in total. The van der Waals surface area contributed by atoms with Crippen LogP contribution in [0, 0.1) is 19.8 Å². The normalized spacial score (nSPS) is 24.6. The Morgan fingerprint density at radius 3 is 2.49 bits per heavy atom. The van der Waals surface area contributed by atoms with Crippen molar-refractivity contribution in [2.45, 2.75) is 88.8 Å². The molecule has 0 saturated carbocycles. The van der Waals surface area contributed by atoms with Crippen molar-refractivity contribution < 1.29 is 33.7 Å². The third-order valence-electron chi connectivity index (χ3n) is 9.48. The van der Waals surface area contributed by atoms with Gasteiger partial charge in [0, 0.05) is 43.6 Å². The first-order valence-electron chi connectivity index (χ1n) is 16.3. The van der Waals surface area contributed by atoms with Crippen molar-refractivity contribution in [3.63, 3.8) is 0 Å². The van der Waals surface area contributed by atoms with Crippen molar-refractivity contribution in [3.8, 4) is 0 Å². The molecule has 12 heteroatoms. The van der Waals surface area contributed by atoms with Crippen LogP contribution in [0.15, 0.2) is 42.5 Å². The quantitative estimate of drug-likeness (QED) is 0.348. The predicted octanol–water partition coefficient (Wildman–Crippen LogP) is 3.52. The summed E-state index contributed by atoms with van der Waals surface area (Å²) in [6.07, 6.45) is -1.42. The lowest BCUT2D eigenvalue weighted by molar-refractivity contribution is -0.152. The molecule has 0 radical (unpaired) electrons. The molecule has 2 aromatic carbocycles. The van der Waals surface area contributed by atoms with E-state index < -0.39 is 47.3 Å². The third-order valence-corrected chi connectivity index (χ3v) is 10.9. The summed E-state index contributed by atoms with van der Waals surface area (Å²) >= 11 is 1.47. The van der Waals surface area contributed by atoms with E-state index in [2.05, 4.69) is 10.6 Å². The lowest BCUT2D eigenvalue weighted by Gasteiger charge is -2.33. The number of benzene rings is 2. The summed E-state index contributed by atoms with van der Waals surface area (Å²) in [6, 6.07) is 11.8. The molecule has 5 rings (SSSR count). The Hall–Kier alpha value is -3.32. The zero-order valence-corrected chi connectivity index (χ0v) is 29.0. The van der Waals surface area contributed by atoms with Crippen molar-refractivity contribution in [1.29, 1.82) is 0 Å². The Morgan fingerprint density at radius 2 is 1.81 bits per heavy atom. The summed E-state index contributed by atoms with van der Waals surface area (Å²) in [4.78, 5) is 44.5. The number of aryl methyl sites for hydroxylation is 2. The minimum atomic E-state index is -1.63. The number of aliphatic hydroxyl groups excluding tert-OH is 1. The number of alkyl carbamates (subject to hydrolysis) is 1. The molecule has 0 aromatic heterocycles. The third kappa shape index (κ3) is 8.05. The van der Waals surface area contributed by atoms with Gasteiger partial charge >= 0.3 is 6.09 Å². The van der Waals surface area contributed by atoms with Crippen LogP contribution in [0.1, 0.15) is 48.9 Å². The average Bonchev–Trinajstić information content (AvgIpc) is 3.59. The van der Waals surface area contributed by atoms with E-state index in [9.17, 15) is 19.5 Å². The van der Waals surface area contributed by atoms with Crippen molar-refractivity contribution in [2.75, 3.05) is 38.1 Å². The standard InChI is InChI=1S/C35H48N4O7S/c1-21-9-7-10-22(2)26(21)18-36-31(41)30-35(3,4)47-20-39(30)32(42)29(40)27(17-23-12-14-24(15-13-23)38(5)6)37-34(43)46-28-19-45-33-25(28)11-8-16-44-33/h7,9-10,12-15,25,27-30,33,40H,8,11,16-20H2,1-6H3,(H,36,41)(H,37,43)/t25-,27+,28-,29+,30-,33+/m1/s1. The number of carbonyl (C=O) groups is 3. The monoisotopic (exact) mass is 668 g/mol. The molecule has 11 nitrogen and oxygen atoms in total. The molecule has 3 saturated heterocycles. The van der Waals surface area contributed by atoms with E-state index in [0.29, 0.717) is 13.2 Å². The second-order valence-electron chi connectivity index (χ2n) is 13.5. The number of aliphatic hydroxyl groups is 1. The molecule has 6 atom stereocenters. The van der Waals surface area contributed by atoms with Crippen molar-refractivity contribution in [2.24, 2.45) is 5.92 Å². The molecule has 0 bridgehead atoms. The molecule has 3 heterocycles. The Bertz CT molecular complexity index is 1420. The molecule has 0 unspecified atom stereocenters. The van der Waals surface area contributed by atoms with Crippen molar-refractivity contribution in [1.82, 2.24) is 15.5 Å². The van der Waals surface area contributed by atoms with Crippen LogP contribution >= 0.6 is 11.8 Å². The van der Waals surface area contributed by atoms with Crippen LogP contribution < -0.4 is 15.5 Å². The smallest absolute Gasteiger partial charge is 0.407 e. The fourth-order valence-electron chi connectivity index (χ4n) is 6.65. The highest BCUT2D eigenvalue weighted by Crippen LogP contribution is 2.40. The highest BCUT2D eigenvalue weighted by molar-refractivity contribution is 8.00. The first-order valence-corrected chi connectivity index (χ1v) is 17.3. The number of nitrogens with one attached hydrogen (secondary N) is 2. The summed E-state index contributed by atoms with van der Waals surface area (Å²) in [5.74, 6) is -0.765. The molecule has 0 aliphatic carbocycles. The maximum absolute atomic E-state index is 14.1. The molecular weight excluding hydrogens is 620 g/mol. The van der Waals surface area contributed by atoms with Crippen LogP contribution in [-0.4, -0.2) is 96.4 Å². The number of hydrogen-bond acceptors (Lipinski definition) is 9. The fourth-order valence-corrected chi connectivity index (χ4v) is 7.79. The van der Waals surface area contributed by atoms with Gasteiger partial charge in [0.2, 0.25) is 5.91 Å². The maximum atomic E-state index is 14.1. The molecule has 3 aliphatic rings. The highest BCUT2D eigenvalue weighted by Gasteiger charge is 2.50. The molecule has 47 heavy (non-hydrogen) atoms. The number of rotatable bonds is 10. The molecule has 3 amide bonds. The Labute approximate surface area is 281 Å². The second kappa shape index (κ2) is 14.8. The van der Waals surface area contributed by atoms with E-state index in [1.54, 1.807) is 0 Å².